The highest BCUT2D eigenvalue weighted by Gasteiger charge is 2.49. The van der Waals surface area contributed by atoms with E-state index < -0.39 is 21.7 Å². The molecule has 0 spiro atoms. The maximum absolute atomic E-state index is 12.1. The lowest BCUT2D eigenvalue weighted by Gasteiger charge is -2.25. The topological polar surface area (TPSA) is 113 Å². The third-order valence-corrected chi connectivity index (χ3v) is 7.91. The smallest absolute Gasteiger partial charge is 0.303 e. The molecule has 1 aromatic carbocycles. The van der Waals surface area contributed by atoms with Gasteiger partial charge in [0.15, 0.2) is 15.0 Å². The van der Waals surface area contributed by atoms with Crippen LogP contribution >= 0.6 is 11.8 Å². The lowest BCUT2D eigenvalue weighted by molar-refractivity contribution is -0.138. The largest absolute Gasteiger partial charge is 0.494 e. The summed E-state index contributed by atoms with van der Waals surface area (Å²) < 4.78 is 30.0. The average Bonchev–Trinajstić information content (AvgIpc) is 3.11. The molecule has 29 heavy (non-hydrogen) atoms. The maximum atomic E-state index is 12.1. The van der Waals surface area contributed by atoms with Crippen LogP contribution in [0.3, 0.4) is 0 Å². The first kappa shape index (κ1) is 21.6. The average molecular weight is 441 g/mol. The number of carboxylic acids is 1. The second-order valence-electron chi connectivity index (χ2n) is 7.05. The summed E-state index contributed by atoms with van der Waals surface area (Å²) in [5.41, 5.74) is 0.709. The van der Waals surface area contributed by atoms with Crippen molar-refractivity contribution in [1.29, 1.82) is 0 Å². The third-order valence-electron chi connectivity index (χ3n) is 4.70. The Hall–Kier alpha value is -2.07. The number of carbonyl (C=O) groups is 2. The van der Waals surface area contributed by atoms with E-state index in [1.165, 1.54) is 11.8 Å². The highest BCUT2D eigenvalue weighted by Crippen LogP contribution is 2.41. The molecule has 10 heteroatoms. The van der Waals surface area contributed by atoms with Crippen molar-refractivity contribution >= 4 is 44.3 Å². The molecule has 0 radical (unpaired) electrons. The third kappa shape index (κ3) is 5.51. The van der Waals surface area contributed by atoms with Gasteiger partial charge in [-0.05, 0) is 18.6 Å². The summed E-state index contributed by atoms with van der Waals surface area (Å²) in [7, 11) is -3.16. The van der Waals surface area contributed by atoms with Crippen LogP contribution in [-0.2, 0) is 19.4 Å². The van der Waals surface area contributed by atoms with Gasteiger partial charge < -0.3 is 14.7 Å². The molecule has 2 saturated heterocycles. The highest BCUT2D eigenvalue weighted by atomic mass is 32.2. The Balaban J connectivity index is 1.87. The lowest BCUT2D eigenvalue weighted by Crippen LogP contribution is -2.37. The predicted octanol–water partition coefficient (Wildman–Crippen LogP) is 2.33. The first-order valence-corrected chi connectivity index (χ1v) is 12.2. The number of hydrogen-bond donors (Lipinski definition) is 1. The molecule has 3 rings (SSSR count). The van der Waals surface area contributed by atoms with E-state index in [0.717, 1.165) is 12.8 Å². The number of ether oxygens (including phenoxy) is 1. The van der Waals surface area contributed by atoms with Crippen LogP contribution in [0, 0.1) is 0 Å². The lowest BCUT2D eigenvalue weighted by atomic mass is 10.2. The Kier molecular flexibility index (Phi) is 6.84. The molecule has 0 unspecified atom stereocenters. The van der Waals surface area contributed by atoms with Gasteiger partial charge in [0.05, 0.1) is 30.6 Å². The molecular weight excluding hydrogens is 416 g/mol. The summed E-state index contributed by atoms with van der Waals surface area (Å²) in [6.45, 7) is 2.66. The van der Waals surface area contributed by atoms with Gasteiger partial charge in [-0.1, -0.05) is 31.2 Å². The van der Waals surface area contributed by atoms with E-state index in [1.54, 1.807) is 4.90 Å². The summed E-state index contributed by atoms with van der Waals surface area (Å²) in [5, 5.41) is 8.97. The van der Waals surface area contributed by atoms with E-state index in [4.69, 9.17) is 9.84 Å². The summed E-state index contributed by atoms with van der Waals surface area (Å²) >= 11 is 1.26. The fourth-order valence-corrected chi connectivity index (χ4v) is 7.23. The van der Waals surface area contributed by atoms with Gasteiger partial charge in [-0.25, -0.2) is 8.42 Å². The zero-order valence-corrected chi connectivity index (χ0v) is 17.7. The van der Waals surface area contributed by atoms with E-state index in [-0.39, 0.29) is 35.6 Å². The number of carbonyl (C=O) groups excluding carboxylic acids is 1. The van der Waals surface area contributed by atoms with E-state index in [2.05, 4.69) is 11.9 Å². The molecular formula is C19H24N2O6S2. The minimum atomic E-state index is -3.16. The number of nitrogens with zero attached hydrogens (tertiary/aromatic N) is 2. The molecule has 2 aliphatic heterocycles. The fourth-order valence-electron chi connectivity index (χ4n) is 3.30. The Morgan fingerprint density at radius 2 is 2.10 bits per heavy atom. The number of sulfone groups is 1. The minimum absolute atomic E-state index is 0.00603. The Morgan fingerprint density at radius 3 is 2.83 bits per heavy atom. The number of amidine groups is 1. The maximum Gasteiger partial charge on any atom is 0.303 e. The molecule has 0 bridgehead atoms. The van der Waals surface area contributed by atoms with Gasteiger partial charge in [-0.15, -0.1) is 0 Å². The van der Waals surface area contributed by atoms with Crippen molar-refractivity contribution in [2.24, 2.45) is 4.99 Å². The highest BCUT2D eigenvalue weighted by molar-refractivity contribution is 8.16. The van der Waals surface area contributed by atoms with E-state index in [9.17, 15) is 18.0 Å². The van der Waals surface area contributed by atoms with Crippen LogP contribution in [0.25, 0.3) is 0 Å². The van der Waals surface area contributed by atoms with Crippen molar-refractivity contribution in [3.8, 4) is 5.75 Å². The number of hydrogen-bond acceptors (Lipinski definition) is 6. The van der Waals surface area contributed by atoms with E-state index >= 15 is 0 Å². The van der Waals surface area contributed by atoms with Gasteiger partial charge in [0.1, 0.15) is 5.75 Å². The molecule has 1 aromatic rings. The molecule has 2 heterocycles. The van der Waals surface area contributed by atoms with Gasteiger partial charge >= 0.3 is 5.97 Å². The van der Waals surface area contributed by atoms with Crippen molar-refractivity contribution in [3.63, 3.8) is 0 Å². The van der Waals surface area contributed by atoms with E-state index in [0.29, 0.717) is 23.2 Å². The fraction of sp³-hybridized carbons (Fsp3) is 0.526. The van der Waals surface area contributed by atoms with Crippen molar-refractivity contribution in [1.82, 2.24) is 0 Å². The number of rotatable bonds is 8. The SMILES string of the molecule is CCCCOc1cccc(N2C(=NC(=O)CCC(=O)O)S[C@H]3CS(=O)(=O)C[C@H]32)c1. The van der Waals surface area contributed by atoms with E-state index in [1.807, 2.05) is 24.3 Å². The Bertz CT molecular complexity index is 915. The van der Waals surface area contributed by atoms with Crippen molar-refractivity contribution in [3.05, 3.63) is 24.3 Å². The van der Waals surface area contributed by atoms with Crippen molar-refractivity contribution in [2.75, 3.05) is 23.0 Å². The quantitative estimate of drug-likeness (QED) is 0.613. The summed E-state index contributed by atoms with van der Waals surface area (Å²) in [4.78, 5) is 28.7. The molecule has 2 atom stereocenters. The van der Waals surface area contributed by atoms with Gasteiger partial charge in [0, 0.05) is 23.4 Å². The first-order chi connectivity index (χ1) is 13.8. The van der Waals surface area contributed by atoms with Gasteiger partial charge in [0.25, 0.3) is 0 Å². The standard InChI is InChI=1S/C19H24N2O6S2/c1-2-3-9-27-14-6-4-5-13(10-14)21-15-11-29(25,26)12-16(15)28-19(21)20-17(22)7-8-18(23)24/h4-6,10,15-16H,2-3,7-9,11-12H2,1H3,(H,23,24)/t15-,16+/m1/s1. The Morgan fingerprint density at radius 1 is 1.31 bits per heavy atom. The number of unbranched alkanes of at least 4 members (excludes halogenated alkanes) is 1. The number of carboxylic acid groups (broad SMARTS) is 1. The van der Waals surface area contributed by atoms with Gasteiger partial charge in [0.2, 0.25) is 5.91 Å². The predicted molar refractivity (Wildman–Crippen MR) is 112 cm³/mol. The molecule has 0 aliphatic carbocycles. The normalized spacial score (nSPS) is 23.9. The summed E-state index contributed by atoms with van der Waals surface area (Å²) in [5.74, 6) is -0.892. The van der Waals surface area contributed by atoms with Crippen LogP contribution in [0.2, 0.25) is 0 Å². The van der Waals surface area contributed by atoms with Crippen molar-refractivity contribution < 1.29 is 27.9 Å². The van der Waals surface area contributed by atoms with Crippen LogP contribution in [0.1, 0.15) is 32.6 Å². The molecule has 1 amide bonds. The zero-order valence-electron chi connectivity index (χ0n) is 16.1. The Labute approximate surface area is 174 Å². The summed E-state index contributed by atoms with van der Waals surface area (Å²) in [6.07, 6.45) is 1.46. The zero-order chi connectivity index (χ0) is 21.0. The van der Waals surface area contributed by atoms with Crippen LogP contribution in [-0.4, -0.2) is 60.0 Å². The van der Waals surface area contributed by atoms with Gasteiger partial charge in [-0.2, -0.15) is 4.99 Å². The van der Waals surface area contributed by atoms with Crippen LogP contribution < -0.4 is 9.64 Å². The monoisotopic (exact) mass is 440 g/mol. The second-order valence-corrected chi connectivity index (χ2v) is 10.4. The molecule has 0 saturated carbocycles. The first-order valence-electron chi connectivity index (χ1n) is 9.51. The molecule has 1 N–H and O–H groups in total. The number of fused-ring (bicyclic) bond motifs is 1. The number of amides is 1. The second kappa shape index (κ2) is 9.17. The van der Waals surface area contributed by atoms with Crippen LogP contribution in [0.5, 0.6) is 5.75 Å². The number of benzene rings is 1. The minimum Gasteiger partial charge on any atom is -0.494 e. The summed E-state index contributed by atoms with van der Waals surface area (Å²) in [6, 6.07) is 6.99. The molecule has 8 nitrogen and oxygen atoms in total. The van der Waals surface area contributed by atoms with Crippen LogP contribution in [0.15, 0.2) is 29.3 Å². The number of thioether (sulfide) groups is 1. The van der Waals surface area contributed by atoms with Crippen molar-refractivity contribution in [2.45, 2.75) is 43.9 Å². The molecule has 0 aromatic heterocycles. The number of aliphatic imine (C=N–C) groups is 1. The molecule has 2 aliphatic rings. The molecule has 158 valence electrons. The number of anilines is 1. The molecule has 2 fully saturated rings. The van der Waals surface area contributed by atoms with Gasteiger partial charge in [-0.3, -0.25) is 9.59 Å². The number of aliphatic carboxylic acids is 1. The van der Waals surface area contributed by atoms with Crippen LogP contribution in [0.4, 0.5) is 5.69 Å².